The SMILES string of the molecule is O=S(=O)(NC(Cl)(c1cc(F)c(Br)cc1F)C(O)CF)c1c[nH]c2ccccc12. The van der Waals surface area contributed by atoms with Crippen molar-refractivity contribution >= 4 is 48.5 Å². The fraction of sp³-hybridized carbons (Fsp3) is 0.176. The van der Waals surface area contributed by atoms with Gasteiger partial charge < -0.3 is 10.1 Å². The lowest BCUT2D eigenvalue weighted by Crippen LogP contribution is -2.51. The summed E-state index contributed by atoms with van der Waals surface area (Å²) in [6, 6.07) is 7.71. The molecule has 3 aromatic rings. The molecule has 0 aliphatic rings. The smallest absolute Gasteiger partial charge is 0.244 e. The number of nitrogens with one attached hydrogen (secondary N) is 2. The Labute approximate surface area is 171 Å². The summed E-state index contributed by atoms with van der Waals surface area (Å²) < 4.78 is 69.1. The molecule has 3 rings (SSSR count). The summed E-state index contributed by atoms with van der Waals surface area (Å²) in [6.07, 6.45) is -1.03. The Bertz CT molecular complexity index is 1140. The first-order valence-electron chi connectivity index (χ1n) is 7.78. The van der Waals surface area contributed by atoms with Crippen LogP contribution in [0.1, 0.15) is 5.56 Å². The van der Waals surface area contributed by atoms with E-state index in [0.717, 1.165) is 0 Å². The zero-order valence-electron chi connectivity index (χ0n) is 13.9. The largest absolute Gasteiger partial charge is 0.387 e. The quantitative estimate of drug-likeness (QED) is 0.274. The van der Waals surface area contributed by atoms with E-state index in [0.29, 0.717) is 23.0 Å². The molecular weight excluding hydrogens is 485 g/mol. The minimum Gasteiger partial charge on any atom is -0.387 e. The predicted molar refractivity (Wildman–Crippen MR) is 102 cm³/mol. The molecule has 150 valence electrons. The van der Waals surface area contributed by atoms with E-state index in [1.165, 1.54) is 12.3 Å². The number of H-pyrrole nitrogens is 1. The first-order chi connectivity index (χ1) is 13.1. The second kappa shape index (κ2) is 7.68. The molecule has 0 radical (unpaired) electrons. The van der Waals surface area contributed by atoms with Gasteiger partial charge in [0.15, 0.2) is 5.00 Å². The van der Waals surface area contributed by atoms with Crippen LogP contribution in [0.25, 0.3) is 10.9 Å². The summed E-state index contributed by atoms with van der Waals surface area (Å²) in [7, 11) is -4.48. The molecule has 2 unspecified atom stereocenters. The summed E-state index contributed by atoms with van der Waals surface area (Å²) in [6.45, 7) is -1.52. The van der Waals surface area contributed by atoms with Gasteiger partial charge in [-0.3, -0.25) is 0 Å². The molecule has 28 heavy (non-hydrogen) atoms. The van der Waals surface area contributed by atoms with Crippen molar-refractivity contribution in [3.05, 3.63) is 64.3 Å². The zero-order valence-corrected chi connectivity index (χ0v) is 17.0. The standard InChI is InChI=1S/C17H13BrClF3N2O3S/c18-11-6-12(21)10(5-13(11)22)17(19,16(25)7-20)24-28(26,27)15-8-23-14-4-2-1-3-9(14)15/h1-6,8,16,23-25H,7H2. The summed E-state index contributed by atoms with van der Waals surface area (Å²) in [5.41, 5.74) is -0.265. The molecule has 11 heteroatoms. The molecule has 2 aromatic carbocycles. The van der Waals surface area contributed by atoms with Gasteiger partial charge in [-0.25, -0.2) is 21.6 Å². The summed E-state index contributed by atoms with van der Waals surface area (Å²) in [5, 5.41) is 10.3. The Hall–Kier alpha value is -1.59. The fourth-order valence-electron chi connectivity index (χ4n) is 2.73. The Kier molecular flexibility index (Phi) is 5.79. The van der Waals surface area contributed by atoms with Crippen LogP contribution in [0.5, 0.6) is 0 Å². The highest BCUT2D eigenvalue weighted by Crippen LogP contribution is 2.37. The van der Waals surface area contributed by atoms with E-state index in [9.17, 15) is 26.7 Å². The second-order valence-electron chi connectivity index (χ2n) is 5.93. The number of hydrogen-bond acceptors (Lipinski definition) is 3. The number of alkyl halides is 2. The topological polar surface area (TPSA) is 82.2 Å². The third kappa shape index (κ3) is 3.67. The molecule has 0 saturated carbocycles. The Balaban J connectivity index is 2.14. The number of aliphatic hydroxyl groups is 1. The van der Waals surface area contributed by atoms with E-state index < -0.39 is 45.0 Å². The molecule has 5 nitrogen and oxygen atoms in total. The maximum absolute atomic E-state index is 14.4. The third-order valence-corrected chi connectivity index (χ3v) is 6.91. The first-order valence-corrected chi connectivity index (χ1v) is 10.4. The van der Waals surface area contributed by atoms with Crippen molar-refractivity contribution in [1.82, 2.24) is 9.71 Å². The third-order valence-electron chi connectivity index (χ3n) is 4.13. The van der Waals surface area contributed by atoms with E-state index in [4.69, 9.17) is 11.6 Å². The number of benzene rings is 2. The number of aromatic nitrogens is 1. The van der Waals surface area contributed by atoms with Crippen LogP contribution in [0.15, 0.2) is 52.0 Å². The van der Waals surface area contributed by atoms with Crippen LogP contribution in [-0.4, -0.2) is 31.3 Å². The van der Waals surface area contributed by atoms with E-state index in [2.05, 4.69) is 20.9 Å². The monoisotopic (exact) mass is 496 g/mol. The molecule has 3 N–H and O–H groups in total. The van der Waals surface area contributed by atoms with Crippen LogP contribution in [0.2, 0.25) is 0 Å². The van der Waals surface area contributed by atoms with Gasteiger partial charge in [0.25, 0.3) is 0 Å². The maximum Gasteiger partial charge on any atom is 0.244 e. The number of hydrogen-bond donors (Lipinski definition) is 3. The van der Waals surface area contributed by atoms with Crippen LogP contribution in [0.3, 0.4) is 0 Å². The fourth-order valence-corrected chi connectivity index (χ4v) is 4.98. The van der Waals surface area contributed by atoms with Crippen molar-refractivity contribution in [3.63, 3.8) is 0 Å². The Morgan fingerprint density at radius 2 is 1.93 bits per heavy atom. The summed E-state index contributed by atoms with van der Waals surface area (Å²) >= 11 is 8.97. The van der Waals surface area contributed by atoms with Crippen molar-refractivity contribution in [2.75, 3.05) is 6.67 Å². The minimum atomic E-state index is -4.48. The molecule has 0 aliphatic heterocycles. The molecule has 0 aliphatic carbocycles. The van der Waals surface area contributed by atoms with Crippen LogP contribution in [0, 0.1) is 11.6 Å². The van der Waals surface area contributed by atoms with Gasteiger partial charge in [0.2, 0.25) is 10.0 Å². The number of aromatic amines is 1. The van der Waals surface area contributed by atoms with Gasteiger partial charge in [-0.05, 0) is 34.1 Å². The molecule has 0 amide bonds. The van der Waals surface area contributed by atoms with Crippen LogP contribution in [-0.2, 0) is 15.0 Å². The van der Waals surface area contributed by atoms with Crippen LogP contribution < -0.4 is 4.72 Å². The highest BCUT2D eigenvalue weighted by Gasteiger charge is 2.44. The molecule has 2 atom stereocenters. The molecular formula is C17H13BrClF3N2O3S. The van der Waals surface area contributed by atoms with Gasteiger partial charge in [0, 0.05) is 22.7 Å². The number of para-hydroxylation sites is 1. The average molecular weight is 498 g/mol. The number of halogens is 5. The molecule has 1 aromatic heterocycles. The van der Waals surface area contributed by atoms with Gasteiger partial charge in [0.05, 0.1) is 4.47 Å². The Morgan fingerprint density at radius 1 is 1.25 bits per heavy atom. The van der Waals surface area contributed by atoms with E-state index in [-0.39, 0.29) is 9.37 Å². The van der Waals surface area contributed by atoms with Gasteiger partial charge in [0.1, 0.15) is 29.3 Å². The first kappa shape index (κ1) is 21.1. The number of sulfonamides is 1. The van der Waals surface area contributed by atoms with Crippen molar-refractivity contribution < 1.29 is 26.7 Å². The molecule has 1 heterocycles. The normalized spacial score (nSPS) is 15.5. The van der Waals surface area contributed by atoms with Crippen LogP contribution in [0.4, 0.5) is 13.2 Å². The van der Waals surface area contributed by atoms with Crippen LogP contribution >= 0.6 is 27.5 Å². The molecule has 0 spiro atoms. The summed E-state index contributed by atoms with van der Waals surface area (Å²) in [4.78, 5) is -0.198. The summed E-state index contributed by atoms with van der Waals surface area (Å²) in [5.74, 6) is -2.11. The highest BCUT2D eigenvalue weighted by atomic mass is 79.9. The lowest BCUT2D eigenvalue weighted by Gasteiger charge is -2.32. The second-order valence-corrected chi connectivity index (χ2v) is 9.03. The van der Waals surface area contributed by atoms with E-state index in [1.54, 1.807) is 18.2 Å². The van der Waals surface area contributed by atoms with Crippen molar-refractivity contribution in [2.45, 2.75) is 16.0 Å². The molecule has 0 saturated heterocycles. The minimum absolute atomic E-state index is 0.248. The number of aliphatic hydroxyl groups excluding tert-OH is 1. The van der Waals surface area contributed by atoms with Crippen molar-refractivity contribution in [2.24, 2.45) is 0 Å². The average Bonchev–Trinajstić information content (AvgIpc) is 3.08. The van der Waals surface area contributed by atoms with Gasteiger partial charge in [-0.2, -0.15) is 4.72 Å². The lowest BCUT2D eigenvalue weighted by atomic mass is 10.0. The van der Waals surface area contributed by atoms with E-state index >= 15 is 0 Å². The van der Waals surface area contributed by atoms with Gasteiger partial charge in [-0.15, -0.1) is 0 Å². The molecule has 0 bridgehead atoms. The predicted octanol–water partition coefficient (Wildman–Crippen LogP) is 3.91. The molecule has 0 fully saturated rings. The zero-order chi connectivity index (χ0) is 20.7. The Morgan fingerprint density at radius 3 is 2.61 bits per heavy atom. The number of rotatable bonds is 6. The maximum atomic E-state index is 14.4. The van der Waals surface area contributed by atoms with Crippen molar-refractivity contribution in [3.8, 4) is 0 Å². The van der Waals surface area contributed by atoms with Gasteiger partial charge in [-0.1, -0.05) is 29.8 Å². The number of fused-ring (bicyclic) bond motifs is 1. The van der Waals surface area contributed by atoms with Gasteiger partial charge >= 0.3 is 0 Å². The van der Waals surface area contributed by atoms with E-state index in [1.807, 2.05) is 4.72 Å². The highest BCUT2D eigenvalue weighted by molar-refractivity contribution is 9.10. The lowest BCUT2D eigenvalue weighted by molar-refractivity contribution is 0.0874. The van der Waals surface area contributed by atoms with Crippen molar-refractivity contribution in [1.29, 1.82) is 0 Å².